The summed E-state index contributed by atoms with van der Waals surface area (Å²) in [5, 5.41) is 8.52. The van der Waals surface area contributed by atoms with Gasteiger partial charge in [0.25, 0.3) is 0 Å². The molecule has 3 nitrogen and oxygen atoms in total. The minimum Gasteiger partial charge on any atom is -0.481 e. The van der Waals surface area contributed by atoms with Crippen molar-refractivity contribution in [2.75, 3.05) is 4.84 Å². The molecule has 0 atom stereocenters. The molecule has 0 bridgehead atoms. The molecule has 1 rings (SSSR count). The summed E-state index contributed by atoms with van der Waals surface area (Å²) < 4.78 is 0. The van der Waals surface area contributed by atoms with E-state index >= 15 is 0 Å². The van der Waals surface area contributed by atoms with Crippen molar-refractivity contribution < 1.29 is 9.90 Å². The molecule has 0 fully saturated rings. The van der Waals surface area contributed by atoms with Crippen molar-refractivity contribution >= 4 is 23.4 Å². The van der Waals surface area contributed by atoms with Gasteiger partial charge in [-0.3, -0.25) is 9.63 Å². The van der Waals surface area contributed by atoms with Crippen molar-refractivity contribution in [2.24, 2.45) is 0 Å². The number of aliphatic carboxylic acids is 1. The molecular weight excluding hydrogens is 178 g/mol. The van der Waals surface area contributed by atoms with Gasteiger partial charge in [-0.2, -0.15) is 0 Å². The van der Waals surface area contributed by atoms with Crippen molar-refractivity contribution in [1.29, 1.82) is 0 Å². The zero-order valence-corrected chi connectivity index (χ0v) is 7.01. The van der Waals surface area contributed by atoms with Crippen molar-refractivity contribution in [3.63, 3.8) is 0 Å². The molecule has 64 valence electrons. The second kappa shape index (κ2) is 3.97. The van der Waals surface area contributed by atoms with Crippen LogP contribution in [0.15, 0.2) is 24.3 Å². The minimum atomic E-state index is -0.866. The van der Waals surface area contributed by atoms with Gasteiger partial charge in [-0.05, 0) is 11.6 Å². The highest BCUT2D eigenvalue weighted by molar-refractivity contribution is 6.24. The topological polar surface area (TPSA) is 49.3 Å². The number of para-hydroxylation sites is 1. The van der Waals surface area contributed by atoms with Gasteiger partial charge in [0, 0.05) is 11.8 Å². The monoisotopic (exact) mass is 185 g/mol. The number of halogens is 1. The van der Waals surface area contributed by atoms with Crippen LogP contribution in [0.2, 0.25) is 0 Å². The predicted molar refractivity (Wildman–Crippen MR) is 47.3 cm³/mol. The highest BCUT2D eigenvalue weighted by Gasteiger charge is 2.04. The SMILES string of the molecule is O=C(O)Cc1ccccc1NCl. The molecule has 0 saturated heterocycles. The van der Waals surface area contributed by atoms with Gasteiger partial charge in [-0.1, -0.05) is 18.2 Å². The fourth-order valence-electron chi connectivity index (χ4n) is 0.930. The van der Waals surface area contributed by atoms with E-state index in [9.17, 15) is 4.79 Å². The number of benzene rings is 1. The molecule has 0 aliphatic rings. The molecule has 0 amide bonds. The van der Waals surface area contributed by atoms with Gasteiger partial charge >= 0.3 is 5.97 Å². The van der Waals surface area contributed by atoms with E-state index in [0.29, 0.717) is 11.3 Å². The summed E-state index contributed by atoms with van der Waals surface area (Å²) in [6, 6.07) is 7.01. The van der Waals surface area contributed by atoms with Crippen molar-refractivity contribution in [3.05, 3.63) is 29.8 Å². The first kappa shape index (κ1) is 8.87. The molecule has 0 aliphatic heterocycles. The smallest absolute Gasteiger partial charge is 0.307 e. The fraction of sp³-hybridized carbons (Fsp3) is 0.125. The van der Waals surface area contributed by atoms with Crippen LogP contribution in [0.4, 0.5) is 5.69 Å². The summed E-state index contributed by atoms with van der Waals surface area (Å²) >= 11 is 5.37. The molecule has 0 spiro atoms. The Hall–Kier alpha value is -1.22. The largest absolute Gasteiger partial charge is 0.481 e. The van der Waals surface area contributed by atoms with E-state index in [1.54, 1.807) is 24.3 Å². The number of hydrogen-bond acceptors (Lipinski definition) is 2. The Kier molecular flexibility index (Phi) is 2.94. The lowest BCUT2D eigenvalue weighted by Crippen LogP contribution is -2.01. The van der Waals surface area contributed by atoms with E-state index in [2.05, 4.69) is 4.84 Å². The number of nitrogens with one attached hydrogen (secondary N) is 1. The van der Waals surface area contributed by atoms with Gasteiger partial charge in [0.15, 0.2) is 0 Å². The van der Waals surface area contributed by atoms with Crippen molar-refractivity contribution in [2.45, 2.75) is 6.42 Å². The molecule has 0 saturated carbocycles. The lowest BCUT2D eigenvalue weighted by atomic mass is 10.1. The van der Waals surface area contributed by atoms with Crippen LogP contribution in [0.25, 0.3) is 0 Å². The van der Waals surface area contributed by atoms with Gasteiger partial charge in [0.2, 0.25) is 0 Å². The Labute approximate surface area is 75.1 Å². The zero-order chi connectivity index (χ0) is 8.97. The summed E-state index contributed by atoms with van der Waals surface area (Å²) in [5.74, 6) is -0.866. The van der Waals surface area contributed by atoms with Gasteiger partial charge in [0.05, 0.1) is 12.1 Å². The maximum absolute atomic E-state index is 10.4. The summed E-state index contributed by atoms with van der Waals surface area (Å²) in [6.07, 6.45) is -0.0180. The van der Waals surface area contributed by atoms with Gasteiger partial charge in [-0.25, -0.2) is 0 Å². The molecule has 0 aromatic heterocycles. The van der Waals surface area contributed by atoms with Crippen LogP contribution in [0.5, 0.6) is 0 Å². The molecule has 2 N–H and O–H groups in total. The normalized spacial score (nSPS) is 9.42. The van der Waals surface area contributed by atoms with Crippen LogP contribution in [-0.4, -0.2) is 11.1 Å². The number of anilines is 1. The molecule has 1 aromatic carbocycles. The Bertz CT molecular complexity index is 288. The third-order valence-corrected chi connectivity index (χ3v) is 1.66. The van der Waals surface area contributed by atoms with Crippen LogP contribution in [-0.2, 0) is 11.2 Å². The number of rotatable bonds is 3. The van der Waals surface area contributed by atoms with E-state index in [0.717, 1.165) is 0 Å². The third-order valence-electron chi connectivity index (χ3n) is 1.46. The number of carboxylic acid groups (broad SMARTS) is 1. The Morgan fingerprint density at radius 3 is 2.75 bits per heavy atom. The quantitative estimate of drug-likeness (QED) is 0.707. The third kappa shape index (κ3) is 2.13. The molecule has 0 radical (unpaired) electrons. The number of carbonyl (C=O) groups is 1. The maximum atomic E-state index is 10.4. The second-order valence-electron chi connectivity index (χ2n) is 2.32. The first-order valence-corrected chi connectivity index (χ1v) is 3.78. The van der Waals surface area contributed by atoms with Gasteiger partial charge in [-0.15, -0.1) is 0 Å². The average Bonchev–Trinajstić information content (AvgIpc) is 2.04. The molecule has 0 aliphatic carbocycles. The summed E-state index contributed by atoms with van der Waals surface area (Å²) in [5.41, 5.74) is 1.32. The first-order chi connectivity index (χ1) is 5.74. The molecule has 1 aromatic rings. The summed E-state index contributed by atoms with van der Waals surface area (Å²) in [6.45, 7) is 0. The average molecular weight is 186 g/mol. The molecule has 0 unspecified atom stereocenters. The van der Waals surface area contributed by atoms with Crippen LogP contribution in [0.1, 0.15) is 5.56 Å². The van der Waals surface area contributed by atoms with E-state index in [1.165, 1.54) is 0 Å². The van der Waals surface area contributed by atoms with Crippen molar-refractivity contribution in [1.82, 2.24) is 0 Å². The maximum Gasteiger partial charge on any atom is 0.307 e. The van der Waals surface area contributed by atoms with Crippen LogP contribution in [0.3, 0.4) is 0 Å². The number of carboxylic acids is 1. The first-order valence-electron chi connectivity index (χ1n) is 3.40. The summed E-state index contributed by atoms with van der Waals surface area (Å²) in [4.78, 5) is 12.8. The van der Waals surface area contributed by atoms with E-state index < -0.39 is 5.97 Å². The molecule has 4 heteroatoms. The van der Waals surface area contributed by atoms with Gasteiger partial charge < -0.3 is 5.11 Å². The van der Waals surface area contributed by atoms with Gasteiger partial charge in [0.1, 0.15) is 0 Å². The van der Waals surface area contributed by atoms with E-state index in [4.69, 9.17) is 16.9 Å². The predicted octanol–water partition coefficient (Wildman–Crippen LogP) is 1.88. The molecule has 12 heavy (non-hydrogen) atoms. The highest BCUT2D eigenvalue weighted by Crippen LogP contribution is 2.15. The highest BCUT2D eigenvalue weighted by atomic mass is 35.5. The Morgan fingerprint density at radius 1 is 1.50 bits per heavy atom. The fourth-order valence-corrected chi connectivity index (χ4v) is 1.11. The molecule has 0 heterocycles. The second-order valence-corrected chi connectivity index (χ2v) is 2.51. The van der Waals surface area contributed by atoms with E-state index in [-0.39, 0.29) is 6.42 Å². The standard InChI is InChI=1S/C8H8ClNO2/c9-10-7-4-2-1-3-6(7)5-8(11)12/h1-4,10H,5H2,(H,11,12). The van der Waals surface area contributed by atoms with Crippen molar-refractivity contribution in [3.8, 4) is 0 Å². The van der Waals surface area contributed by atoms with Crippen LogP contribution >= 0.6 is 11.8 Å². The Balaban J connectivity index is 2.89. The minimum absolute atomic E-state index is 0.0180. The number of hydrogen-bond donors (Lipinski definition) is 2. The van der Waals surface area contributed by atoms with Crippen LogP contribution in [0, 0.1) is 0 Å². The van der Waals surface area contributed by atoms with Crippen LogP contribution < -0.4 is 4.84 Å². The summed E-state index contributed by atoms with van der Waals surface area (Å²) in [7, 11) is 0. The lowest BCUT2D eigenvalue weighted by Gasteiger charge is -2.03. The zero-order valence-electron chi connectivity index (χ0n) is 6.25. The lowest BCUT2D eigenvalue weighted by molar-refractivity contribution is -0.136. The molecular formula is C8H8ClNO2. The Morgan fingerprint density at radius 2 is 2.17 bits per heavy atom. The van der Waals surface area contributed by atoms with E-state index in [1.807, 2.05) is 0 Å².